The van der Waals surface area contributed by atoms with Crippen LogP contribution in [-0.4, -0.2) is 11.6 Å². The van der Waals surface area contributed by atoms with Crippen molar-refractivity contribution in [2.24, 2.45) is 0 Å². The zero-order chi connectivity index (χ0) is 8.97. The maximum Gasteiger partial charge on any atom is 0.214 e. The fourth-order valence-corrected chi connectivity index (χ4v) is 0.923. The van der Waals surface area contributed by atoms with Gasteiger partial charge < -0.3 is 9.72 Å². The maximum absolute atomic E-state index is 11.0. The summed E-state index contributed by atoms with van der Waals surface area (Å²) in [5.74, 6) is 0.353. The molecule has 0 aromatic carbocycles. The monoisotopic (exact) mass is 187 g/mol. The van der Waals surface area contributed by atoms with Crippen LogP contribution in [0.4, 0.5) is 0 Å². The molecule has 0 unspecified atom stereocenters. The number of nitrogens with one attached hydrogen (secondary N) is 1. The van der Waals surface area contributed by atoms with Crippen molar-refractivity contribution in [3.63, 3.8) is 0 Å². The molecule has 1 N–H and O–H groups in total. The van der Waals surface area contributed by atoms with E-state index in [0.717, 1.165) is 6.42 Å². The Labute approximate surface area is 75.3 Å². The minimum absolute atomic E-state index is 0.117. The van der Waals surface area contributed by atoms with Gasteiger partial charge in [-0.05, 0) is 6.42 Å². The molecule has 3 nitrogen and oxygen atoms in total. The molecule has 0 aliphatic carbocycles. The molecule has 66 valence electrons. The molecule has 0 saturated carbocycles. The van der Waals surface area contributed by atoms with Gasteiger partial charge in [0.2, 0.25) is 11.3 Å². The Morgan fingerprint density at radius 1 is 1.67 bits per heavy atom. The molecular formula is C8H10ClNO2. The van der Waals surface area contributed by atoms with Crippen molar-refractivity contribution in [1.82, 2.24) is 4.98 Å². The van der Waals surface area contributed by atoms with Gasteiger partial charge in [0, 0.05) is 12.3 Å². The fraction of sp³-hybridized carbons (Fsp3) is 0.375. The van der Waals surface area contributed by atoms with Gasteiger partial charge in [-0.25, -0.2) is 0 Å². The van der Waals surface area contributed by atoms with Gasteiger partial charge in [-0.3, -0.25) is 4.79 Å². The van der Waals surface area contributed by atoms with E-state index in [1.54, 1.807) is 0 Å². The molecule has 0 fully saturated rings. The van der Waals surface area contributed by atoms with E-state index in [1.165, 1.54) is 12.3 Å². The summed E-state index contributed by atoms with van der Waals surface area (Å²) < 4.78 is 5.18. The highest BCUT2D eigenvalue weighted by Gasteiger charge is 2.03. The zero-order valence-corrected chi connectivity index (χ0v) is 7.52. The molecule has 12 heavy (non-hydrogen) atoms. The van der Waals surface area contributed by atoms with Gasteiger partial charge in [0.15, 0.2) is 0 Å². The average molecular weight is 188 g/mol. The van der Waals surface area contributed by atoms with E-state index in [1.807, 2.05) is 6.92 Å². The molecule has 1 heterocycles. The van der Waals surface area contributed by atoms with Gasteiger partial charge in [0.05, 0.1) is 6.61 Å². The van der Waals surface area contributed by atoms with Crippen LogP contribution in [0.3, 0.4) is 0 Å². The summed E-state index contributed by atoms with van der Waals surface area (Å²) in [6, 6.07) is 1.36. The molecule has 0 aliphatic rings. The van der Waals surface area contributed by atoms with Crippen LogP contribution in [0, 0.1) is 0 Å². The molecule has 0 amide bonds. The second kappa shape index (κ2) is 4.16. The van der Waals surface area contributed by atoms with Crippen LogP contribution in [0.1, 0.15) is 13.3 Å². The smallest absolute Gasteiger partial charge is 0.214 e. The van der Waals surface area contributed by atoms with Gasteiger partial charge in [-0.15, -0.1) is 0 Å². The lowest BCUT2D eigenvalue weighted by atomic mass is 10.4. The standard InChI is InChI=1S/C8H10ClNO2/c1-2-5-12-8-7(9)6(11)3-4-10-8/h3-4H,2,5H2,1H3,(H,10,11). The summed E-state index contributed by atoms with van der Waals surface area (Å²) in [7, 11) is 0. The molecule has 0 atom stereocenters. The van der Waals surface area contributed by atoms with Gasteiger partial charge in [0.1, 0.15) is 5.02 Å². The van der Waals surface area contributed by atoms with E-state index in [4.69, 9.17) is 16.3 Å². The Morgan fingerprint density at radius 2 is 2.42 bits per heavy atom. The van der Waals surface area contributed by atoms with Gasteiger partial charge in [0.25, 0.3) is 0 Å². The maximum atomic E-state index is 11.0. The molecule has 1 rings (SSSR count). The highest BCUT2D eigenvalue weighted by molar-refractivity contribution is 6.31. The number of ether oxygens (including phenoxy) is 1. The van der Waals surface area contributed by atoms with Crippen LogP contribution >= 0.6 is 11.6 Å². The van der Waals surface area contributed by atoms with Crippen molar-refractivity contribution in [2.45, 2.75) is 13.3 Å². The third-order valence-corrected chi connectivity index (χ3v) is 1.67. The Hall–Kier alpha value is -0.960. The molecular weight excluding hydrogens is 178 g/mol. The first kappa shape index (κ1) is 9.13. The first-order valence-corrected chi connectivity index (χ1v) is 4.13. The third kappa shape index (κ3) is 2.01. The first-order chi connectivity index (χ1) is 5.75. The van der Waals surface area contributed by atoms with Crippen molar-refractivity contribution < 1.29 is 4.74 Å². The topological polar surface area (TPSA) is 42.1 Å². The average Bonchev–Trinajstić information content (AvgIpc) is 2.08. The van der Waals surface area contributed by atoms with E-state index >= 15 is 0 Å². The number of hydrogen-bond acceptors (Lipinski definition) is 2. The minimum atomic E-state index is -0.221. The molecule has 0 radical (unpaired) electrons. The van der Waals surface area contributed by atoms with Crippen LogP contribution in [0.5, 0.6) is 5.88 Å². The van der Waals surface area contributed by atoms with Crippen molar-refractivity contribution in [3.05, 3.63) is 27.5 Å². The molecule has 1 aromatic heterocycles. The van der Waals surface area contributed by atoms with Crippen LogP contribution in [0.25, 0.3) is 0 Å². The highest BCUT2D eigenvalue weighted by atomic mass is 35.5. The van der Waals surface area contributed by atoms with E-state index in [9.17, 15) is 4.79 Å². The molecule has 4 heteroatoms. The number of rotatable bonds is 3. The van der Waals surface area contributed by atoms with Gasteiger partial charge in [-0.2, -0.15) is 0 Å². The molecule has 1 aromatic rings. The first-order valence-electron chi connectivity index (χ1n) is 3.75. The Bertz CT molecular complexity index is 308. The summed E-state index contributed by atoms with van der Waals surface area (Å²) in [4.78, 5) is 13.7. The predicted molar refractivity (Wildman–Crippen MR) is 47.9 cm³/mol. The molecule has 0 bridgehead atoms. The Balaban J connectivity index is 2.85. The van der Waals surface area contributed by atoms with E-state index in [-0.39, 0.29) is 10.5 Å². The fourth-order valence-electron chi connectivity index (χ4n) is 0.751. The molecule has 0 saturated heterocycles. The highest BCUT2D eigenvalue weighted by Crippen LogP contribution is 2.15. The van der Waals surface area contributed by atoms with Crippen LogP contribution in [-0.2, 0) is 0 Å². The number of aromatic nitrogens is 1. The lowest BCUT2D eigenvalue weighted by Crippen LogP contribution is -2.05. The van der Waals surface area contributed by atoms with Crippen molar-refractivity contribution in [1.29, 1.82) is 0 Å². The molecule has 0 aliphatic heterocycles. The van der Waals surface area contributed by atoms with E-state index < -0.39 is 0 Å². The summed E-state index contributed by atoms with van der Waals surface area (Å²) in [5.41, 5.74) is -0.221. The number of halogens is 1. The quantitative estimate of drug-likeness (QED) is 0.785. The Morgan fingerprint density at radius 3 is 3.08 bits per heavy atom. The number of H-pyrrole nitrogens is 1. The molecule has 0 spiro atoms. The Kier molecular flexibility index (Phi) is 3.17. The summed E-state index contributed by atoms with van der Waals surface area (Å²) in [5, 5.41) is 0.117. The van der Waals surface area contributed by atoms with Crippen LogP contribution in [0.15, 0.2) is 17.1 Å². The number of aromatic amines is 1. The van der Waals surface area contributed by atoms with Crippen molar-refractivity contribution >= 4 is 11.6 Å². The second-order valence-electron chi connectivity index (χ2n) is 2.33. The van der Waals surface area contributed by atoms with Crippen molar-refractivity contribution in [3.8, 4) is 5.88 Å². The predicted octanol–water partition coefficient (Wildman–Crippen LogP) is 1.82. The lowest BCUT2D eigenvalue weighted by Gasteiger charge is -2.04. The van der Waals surface area contributed by atoms with Gasteiger partial charge in [-0.1, -0.05) is 18.5 Å². The normalized spacial score (nSPS) is 9.83. The second-order valence-corrected chi connectivity index (χ2v) is 2.71. The largest absolute Gasteiger partial charge is 0.478 e. The van der Waals surface area contributed by atoms with Crippen molar-refractivity contribution in [2.75, 3.05) is 6.61 Å². The summed E-state index contributed by atoms with van der Waals surface area (Å²) in [6.07, 6.45) is 2.40. The minimum Gasteiger partial charge on any atom is -0.478 e. The summed E-state index contributed by atoms with van der Waals surface area (Å²) >= 11 is 5.66. The zero-order valence-electron chi connectivity index (χ0n) is 6.76. The van der Waals surface area contributed by atoms with Crippen LogP contribution in [0.2, 0.25) is 5.02 Å². The van der Waals surface area contributed by atoms with E-state index in [0.29, 0.717) is 12.5 Å². The van der Waals surface area contributed by atoms with Gasteiger partial charge >= 0.3 is 0 Å². The number of hydrogen-bond donors (Lipinski definition) is 1. The number of pyridine rings is 1. The lowest BCUT2D eigenvalue weighted by molar-refractivity contribution is 0.305. The summed E-state index contributed by atoms with van der Waals surface area (Å²) in [6.45, 7) is 2.54. The SMILES string of the molecule is CCCOc1[nH]ccc(=O)c1Cl. The van der Waals surface area contributed by atoms with Crippen LogP contribution < -0.4 is 10.2 Å². The third-order valence-electron chi connectivity index (χ3n) is 1.32. The van der Waals surface area contributed by atoms with E-state index in [2.05, 4.69) is 4.98 Å².